The Balaban J connectivity index is 1.82. The fourth-order valence-corrected chi connectivity index (χ4v) is 3.40. The number of primary amides is 1. The lowest BCUT2D eigenvalue weighted by molar-refractivity contribution is 0.0998. The average Bonchev–Trinajstić information content (AvgIpc) is 2.84. The third-order valence-electron chi connectivity index (χ3n) is 5.06. The maximum absolute atomic E-state index is 13.3. The van der Waals surface area contributed by atoms with Crippen LogP contribution in [0.25, 0.3) is 10.9 Å². The predicted molar refractivity (Wildman–Crippen MR) is 127 cm³/mol. The molecule has 33 heavy (non-hydrogen) atoms. The highest BCUT2D eigenvalue weighted by molar-refractivity contribution is 6.14. The second-order valence-corrected chi connectivity index (χ2v) is 7.19. The minimum Gasteiger partial charge on any atom is -0.497 e. The molecule has 0 aliphatic carbocycles. The maximum Gasteiger partial charge on any atom is 0.259 e. The summed E-state index contributed by atoms with van der Waals surface area (Å²) in [6.07, 6.45) is 1.49. The van der Waals surface area contributed by atoms with Crippen molar-refractivity contribution in [3.8, 4) is 11.5 Å². The van der Waals surface area contributed by atoms with Crippen molar-refractivity contribution in [1.82, 2.24) is 4.98 Å². The Morgan fingerprint density at radius 1 is 0.879 bits per heavy atom. The van der Waals surface area contributed by atoms with Crippen molar-refractivity contribution in [2.24, 2.45) is 5.73 Å². The molecule has 0 radical (unpaired) electrons. The van der Waals surface area contributed by atoms with E-state index < -0.39 is 5.91 Å². The number of hydrogen-bond acceptors (Lipinski definition) is 6. The number of aromatic nitrogens is 1. The first-order chi connectivity index (χ1) is 16.0. The van der Waals surface area contributed by atoms with Crippen LogP contribution >= 0.6 is 0 Å². The van der Waals surface area contributed by atoms with E-state index in [4.69, 9.17) is 15.2 Å². The Morgan fingerprint density at radius 3 is 2.21 bits per heavy atom. The standard InChI is InChI=1S/C25H22N4O4/c1-32-18-7-3-5-16(12-18)28-23-20-11-15(24(26)30)9-10-22(20)27-14-21(23)25(31)29-17-6-4-8-19(13-17)33-2/h3-14H,1-2H3,(H2,26,30)(H,27,28)(H,29,31). The zero-order valence-electron chi connectivity index (χ0n) is 18.1. The number of benzene rings is 3. The fraction of sp³-hybridized carbons (Fsp3) is 0.0800. The number of nitrogens with zero attached hydrogens (tertiary/aromatic N) is 1. The smallest absolute Gasteiger partial charge is 0.259 e. The van der Waals surface area contributed by atoms with Crippen molar-refractivity contribution in [3.63, 3.8) is 0 Å². The van der Waals surface area contributed by atoms with Gasteiger partial charge in [-0.05, 0) is 42.5 Å². The van der Waals surface area contributed by atoms with Gasteiger partial charge in [0.05, 0.1) is 31.0 Å². The first-order valence-electron chi connectivity index (χ1n) is 10.1. The number of nitrogens with two attached hydrogens (primary N) is 1. The zero-order chi connectivity index (χ0) is 23.4. The number of ether oxygens (including phenoxy) is 2. The van der Waals surface area contributed by atoms with Crippen molar-refractivity contribution in [2.75, 3.05) is 24.9 Å². The lowest BCUT2D eigenvalue weighted by atomic mass is 10.0. The van der Waals surface area contributed by atoms with Gasteiger partial charge < -0.3 is 25.8 Å². The monoisotopic (exact) mass is 442 g/mol. The van der Waals surface area contributed by atoms with E-state index in [0.717, 1.165) is 0 Å². The summed E-state index contributed by atoms with van der Waals surface area (Å²) >= 11 is 0. The molecule has 2 amide bonds. The molecule has 4 N–H and O–H groups in total. The number of pyridine rings is 1. The van der Waals surface area contributed by atoms with Gasteiger partial charge in [0.2, 0.25) is 5.91 Å². The van der Waals surface area contributed by atoms with Crippen LogP contribution in [0.2, 0.25) is 0 Å². The molecule has 0 atom stereocenters. The van der Waals surface area contributed by atoms with E-state index in [-0.39, 0.29) is 11.5 Å². The number of carbonyl (C=O) groups excluding carboxylic acids is 2. The van der Waals surface area contributed by atoms with Gasteiger partial charge in [0.25, 0.3) is 5.91 Å². The SMILES string of the molecule is COc1cccc(NC(=O)c2cnc3ccc(C(N)=O)cc3c2Nc2cccc(OC)c2)c1. The molecule has 0 aliphatic heterocycles. The van der Waals surface area contributed by atoms with Crippen LogP contribution in [0, 0.1) is 0 Å². The van der Waals surface area contributed by atoms with Crippen LogP contribution in [0.1, 0.15) is 20.7 Å². The summed E-state index contributed by atoms with van der Waals surface area (Å²) in [7, 11) is 3.13. The number of hydrogen-bond donors (Lipinski definition) is 3. The van der Waals surface area contributed by atoms with Crippen molar-refractivity contribution in [3.05, 3.63) is 84.1 Å². The highest BCUT2D eigenvalue weighted by Crippen LogP contribution is 2.32. The van der Waals surface area contributed by atoms with Gasteiger partial charge in [-0.25, -0.2) is 0 Å². The summed E-state index contributed by atoms with van der Waals surface area (Å²) in [6.45, 7) is 0. The van der Waals surface area contributed by atoms with Crippen LogP contribution in [0.4, 0.5) is 17.1 Å². The lowest BCUT2D eigenvalue weighted by Crippen LogP contribution is -2.15. The summed E-state index contributed by atoms with van der Waals surface area (Å²) < 4.78 is 10.5. The van der Waals surface area contributed by atoms with E-state index in [1.54, 1.807) is 62.8 Å². The minimum absolute atomic E-state index is 0.287. The van der Waals surface area contributed by atoms with Crippen LogP contribution in [0.5, 0.6) is 11.5 Å². The van der Waals surface area contributed by atoms with Crippen molar-refractivity contribution in [2.45, 2.75) is 0 Å². The van der Waals surface area contributed by atoms with E-state index in [9.17, 15) is 9.59 Å². The molecule has 0 saturated heterocycles. The minimum atomic E-state index is -0.574. The summed E-state index contributed by atoms with van der Waals surface area (Å²) in [5.41, 5.74) is 8.43. The Labute approximate surface area is 190 Å². The number of anilines is 3. The van der Waals surface area contributed by atoms with Crippen LogP contribution in [-0.2, 0) is 0 Å². The molecule has 8 nitrogen and oxygen atoms in total. The van der Waals surface area contributed by atoms with Crippen LogP contribution in [0.3, 0.4) is 0 Å². The first-order valence-corrected chi connectivity index (χ1v) is 10.1. The summed E-state index contributed by atoms with van der Waals surface area (Å²) in [4.78, 5) is 29.5. The van der Waals surface area contributed by atoms with Crippen molar-refractivity contribution >= 4 is 39.8 Å². The quantitative estimate of drug-likeness (QED) is 0.392. The van der Waals surface area contributed by atoms with Gasteiger partial charge in [0.1, 0.15) is 11.5 Å². The summed E-state index contributed by atoms with van der Waals surface area (Å²) in [5, 5.41) is 6.73. The normalized spacial score (nSPS) is 10.5. The Kier molecular flexibility index (Phi) is 6.08. The Bertz CT molecular complexity index is 1350. The maximum atomic E-state index is 13.3. The molecule has 0 unspecified atom stereocenters. The van der Waals surface area contributed by atoms with E-state index in [2.05, 4.69) is 15.6 Å². The molecule has 8 heteroatoms. The predicted octanol–water partition coefficient (Wildman–Crippen LogP) is 4.35. The molecule has 4 rings (SSSR count). The second-order valence-electron chi connectivity index (χ2n) is 7.19. The largest absolute Gasteiger partial charge is 0.497 e. The van der Waals surface area contributed by atoms with E-state index in [0.29, 0.717) is 45.0 Å². The number of carbonyl (C=O) groups is 2. The van der Waals surface area contributed by atoms with E-state index >= 15 is 0 Å². The van der Waals surface area contributed by atoms with Crippen molar-refractivity contribution < 1.29 is 19.1 Å². The highest BCUT2D eigenvalue weighted by Gasteiger charge is 2.18. The van der Waals surface area contributed by atoms with Crippen LogP contribution in [-0.4, -0.2) is 31.0 Å². The van der Waals surface area contributed by atoms with Crippen LogP contribution in [0.15, 0.2) is 72.9 Å². The number of fused-ring (bicyclic) bond motifs is 1. The highest BCUT2D eigenvalue weighted by atomic mass is 16.5. The molecule has 0 aliphatic rings. The van der Waals surface area contributed by atoms with Gasteiger partial charge in [0.15, 0.2) is 0 Å². The third kappa shape index (κ3) is 4.69. The van der Waals surface area contributed by atoms with Crippen LogP contribution < -0.4 is 25.8 Å². The molecule has 0 spiro atoms. The second kappa shape index (κ2) is 9.27. The van der Waals surface area contributed by atoms with E-state index in [1.165, 1.54) is 6.20 Å². The molecule has 1 aromatic heterocycles. The zero-order valence-corrected chi connectivity index (χ0v) is 18.1. The molecule has 0 saturated carbocycles. The summed E-state index contributed by atoms with van der Waals surface area (Å²) in [5.74, 6) is 0.312. The third-order valence-corrected chi connectivity index (χ3v) is 5.06. The number of nitrogens with one attached hydrogen (secondary N) is 2. The molecule has 1 heterocycles. The molecule has 0 bridgehead atoms. The molecule has 3 aromatic carbocycles. The van der Waals surface area contributed by atoms with E-state index in [1.807, 2.05) is 18.2 Å². The number of methoxy groups -OCH3 is 2. The molecule has 0 fully saturated rings. The Hall–Kier alpha value is -4.59. The summed E-state index contributed by atoms with van der Waals surface area (Å²) in [6, 6.07) is 19.2. The average molecular weight is 442 g/mol. The van der Waals surface area contributed by atoms with Gasteiger partial charge in [-0.2, -0.15) is 0 Å². The molecule has 4 aromatic rings. The first kappa shape index (κ1) is 21.6. The van der Waals surface area contributed by atoms with Gasteiger partial charge in [-0.15, -0.1) is 0 Å². The van der Waals surface area contributed by atoms with Gasteiger partial charge >= 0.3 is 0 Å². The molecular formula is C25H22N4O4. The number of amides is 2. The van der Waals surface area contributed by atoms with Gasteiger partial charge in [-0.3, -0.25) is 14.6 Å². The van der Waals surface area contributed by atoms with Gasteiger partial charge in [0, 0.05) is 40.7 Å². The Morgan fingerprint density at radius 2 is 1.55 bits per heavy atom. The lowest BCUT2D eigenvalue weighted by Gasteiger charge is -2.16. The van der Waals surface area contributed by atoms with Gasteiger partial charge in [-0.1, -0.05) is 12.1 Å². The molecular weight excluding hydrogens is 420 g/mol. The topological polar surface area (TPSA) is 116 Å². The molecule has 166 valence electrons. The van der Waals surface area contributed by atoms with Crippen molar-refractivity contribution in [1.29, 1.82) is 0 Å². The number of rotatable bonds is 7. The fourth-order valence-electron chi connectivity index (χ4n) is 3.40.